The molecule has 0 aromatic rings. The third-order valence-corrected chi connectivity index (χ3v) is 1.45. The molecule has 6 N–H and O–H groups in total. The Kier molecular flexibility index (Phi) is 4.64. The normalized spacial score (nSPS) is 14.0. The third-order valence-electron chi connectivity index (χ3n) is 1.45. The number of nitrogens with two attached hydrogens (primary N) is 1. The van der Waals surface area contributed by atoms with E-state index in [1.807, 2.05) is 0 Å². The summed E-state index contributed by atoms with van der Waals surface area (Å²) < 4.78 is 0. The van der Waals surface area contributed by atoms with Crippen molar-refractivity contribution in [3.8, 4) is 0 Å². The van der Waals surface area contributed by atoms with Crippen LogP contribution in [0.25, 0.3) is 0 Å². The Morgan fingerprint density at radius 2 is 1.80 bits per heavy atom. The number of hydrogen-bond donors (Lipinski definition) is 5. The van der Waals surface area contributed by atoms with Crippen molar-refractivity contribution in [2.45, 2.75) is 18.4 Å². The maximum absolute atomic E-state index is 10.8. The van der Waals surface area contributed by atoms with Crippen LogP contribution < -0.4 is 11.4 Å². The van der Waals surface area contributed by atoms with Gasteiger partial charge in [0.25, 0.3) is 0 Å². The molecule has 9 nitrogen and oxygen atoms in total. The van der Waals surface area contributed by atoms with Gasteiger partial charge in [-0.05, 0) is 0 Å². The van der Waals surface area contributed by atoms with Crippen molar-refractivity contribution < 1.29 is 34.5 Å². The van der Waals surface area contributed by atoms with E-state index in [1.54, 1.807) is 0 Å². The number of hydrogen-bond acceptors (Lipinski definition) is 7. The fraction of sp³-hybridized carbons (Fsp3) is 0.500. The SMILES string of the molecule is NNOC(=O)CC(O)(CC(=O)O)C(=O)O. The Morgan fingerprint density at radius 3 is 2.13 bits per heavy atom. The van der Waals surface area contributed by atoms with Gasteiger partial charge in [0.05, 0.1) is 12.8 Å². The number of carboxylic acids is 2. The van der Waals surface area contributed by atoms with Crippen molar-refractivity contribution >= 4 is 17.9 Å². The summed E-state index contributed by atoms with van der Waals surface area (Å²) in [6.07, 6.45) is -2.15. The van der Waals surface area contributed by atoms with E-state index < -0.39 is 36.4 Å². The molecule has 9 heteroatoms. The van der Waals surface area contributed by atoms with Crippen molar-refractivity contribution in [2.24, 2.45) is 5.84 Å². The van der Waals surface area contributed by atoms with E-state index in [0.717, 1.165) is 0 Å². The second-order valence-electron chi connectivity index (χ2n) is 2.68. The van der Waals surface area contributed by atoms with Gasteiger partial charge < -0.3 is 20.2 Å². The number of nitrogens with one attached hydrogen (secondary N) is 1. The lowest BCUT2D eigenvalue weighted by Gasteiger charge is -2.19. The van der Waals surface area contributed by atoms with Crippen LogP contribution in [0, 0.1) is 0 Å². The molecule has 15 heavy (non-hydrogen) atoms. The van der Waals surface area contributed by atoms with Gasteiger partial charge in [-0.3, -0.25) is 9.59 Å². The Bertz CT molecular complexity index is 279. The average molecular weight is 222 g/mol. The topological polar surface area (TPSA) is 159 Å². The zero-order valence-electron chi connectivity index (χ0n) is 7.47. The molecular formula is C6H10N2O7. The molecule has 0 rings (SSSR count). The first-order chi connectivity index (χ1) is 6.81. The number of rotatable bonds is 6. The summed E-state index contributed by atoms with van der Waals surface area (Å²) in [5, 5.41) is 26.2. The summed E-state index contributed by atoms with van der Waals surface area (Å²) in [6, 6.07) is 0. The molecule has 0 aliphatic heterocycles. The number of hydrazine groups is 1. The van der Waals surface area contributed by atoms with E-state index >= 15 is 0 Å². The van der Waals surface area contributed by atoms with Gasteiger partial charge in [-0.25, -0.2) is 10.6 Å². The van der Waals surface area contributed by atoms with Crippen molar-refractivity contribution in [1.82, 2.24) is 5.59 Å². The number of carbonyl (C=O) groups excluding carboxylic acids is 1. The fourth-order valence-corrected chi connectivity index (χ4v) is 0.804. The van der Waals surface area contributed by atoms with Crippen LogP contribution in [0.5, 0.6) is 0 Å². The van der Waals surface area contributed by atoms with E-state index in [2.05, 4.69) is 10.7 Å². The van der Waals surface area contributed by atoms with Crippen LogP contribution in [0.15, 0.2) is 0 Å². The highest BCUT2D eigenvalue weighted by Crippen LogP contribution is 2.16. The van der Waals surface area contributed by atoms with Crippen molar-refractivity contribution in [3.63, 3.8) is 0 Å². The molecule has 1 atom stereocenters. The highest BCUT2D eigenvalue weighted by atomic mass is 16.7. The predicted molar refractivity (Wildman–Crippen MR) is 42.9 cm³/mol. The van der Waals surface area contributed by atoms with Gasteiger partial charge in [0.15, 0.2) is 5.60 Å². The molecule has 0 fully saturated rings. The van der Waals surface area contributed by atoms with E-state index in [0.29, 0.717) is 0 Å². The fourth-order valence-electron chi connectivity index (χ4n) is 0.804. The molecule has 0 radical (unpaired) electrons. The lowest BCUT2D eigenvalue weighted by molar-refractivity contribution is -0.174. The number of carbonyl (C=O) groups is 3. The molecule has 0 aliphatic rings. The minimum absolute atomic E-state index is 1.03. The van der Waals surface area contributed by atoms with Crippen LogP contribution in [0.3, 0.4) is 0 Å². The molecule has 0 amide bonds. The minimum Gasteiger partial charge on any atom is -0.481 e. The van der Waals surface area contributed by atoms with Crippen molar-refractivity contribution in [1.29, 1.82) is 0 Å². The van der Waals surface area contributed by atoms with Gasteiger partial charge in [0.1, 0.15) is 0 Å². The monoisotopic (exact) mass is 222 g/mol. The first kappa shape index (κ1) is 13.3. The van der Waals surface area contributed by atoms with Crippen LogP contribution in [-0.2, 0) is 19.2 Å². The Labute approximate surface area is 83.4 Å². The summed E-state index contributed by atoms with van der Waals surface area (Å²) in [4.78, 5) is 35.5. The van der Waals surface area contributed by atoms with Gasteiger partial charge in [-0.2, -0.15) is 0 Å². The number of aliphatic carboxylic acids is 2. The number of carboxylic acid groups (broad SMARTS) is 2. The summed E-state index contributed by atoms with van der Waals surface area (Å²) in [6.45, 7) is 0. The van der Waals surface area contributed by atoms with Gasteiger partial charge >= 0.3 is 17.9 Å². The lowest BCUT2D eigenvalue weighted by Crippen LogP contribution is -2.44. The molecule has 0 aliphatic carbocycles. The molecule has 0 saturated carbocycles. The first-order valence-corrected chi connectivity index (χ1v) is 3.64. The quantitative estimate of drug-likeness (QED) is 0.243. The molecule has 0 heterocycles. The van der Waals surface area contributed by atoms with E-state index in [9.17, 15) is 19.5 Å². The van der Waals surface area contributed by atoms with E-state index in [-0.39, 0.29) is 0 Å². The maximum Gasteiger partial charge on any atom is 0.336 e. The summed E-state index contributed by atoms with van der Waals surface area (Å²) in [7, 11) is 0. The van der Waals surface area contributed by atoms with Crippen molar-refractivity contribution in [2.75, 3.05) is 0 Å². The molecule has 1 unspecified atom stereocenters. The molecule has 86 valence electrons. The average Bonchev–Trinajstić information content (AvgIpc) is 2.01. The zero-order valence-corrected chi connectivity index (χ0v) is 7.47. The van der Waals surface area contributed by atoms with Crippen LogP contribution in [0.4, 0.5) is 0 Å². The lowest BCUT2D eigenvalue weighted by atomic mass is 9.96. The zero-order chi connectivity index (χ0) is 12.1. The maximum atomic E-state index is 10.8. The van der Waals surface area contributed by atoms with Gasteiger partial charge in [-0.15, -0.1) is 0 Å². The van der Waals surface area contributed by atoms with Crippen LogP contribution >= 0.6 is 0 Å². The minimum atomic E-state index is -2.71. The molecule has 0 aromatic heterocycles. The summed E-state index contributed by atoms with van der Waals surface area (Å²) in [5.41, 5.74) is -1.23. The van der Waals surface area contributed by atoms with Gasteiger partial charge in [0.2, 0.25) is 0 Å². The Balaban J connectivity index is 4.58. The summed E-state index contributed by atoms with van der Waals surface area (Å²) >= 11 is 0. The van der Waals surface area contributed by atoms with Crippen LogP contribution in [-0.4, -0.2) is 38.8 Å². The highest BCUT2D eigenvalue weighted by molar-refractivity contribution is 5.88. The standard InChI is InChI=1S/C6H10N2O7/c7-8-15-4(11)2-6(14,5(12)13)1-3(9)10/h8,14H,1-2,7H2,(H,9,10)(H,12,13). The summed E-state index contributed by atoms with van der Waals surface area (Å²) in [5.74, 6) is 0.000103. The van der Waals surface area contributed by atoms with E-state index in [1.165, 1.54) is 5.59 Å². The molecule has 0 bridgehead atoms. The molecular weight excluding hydrogens is 212 g/mol. The first-order valence-electron chi connectivity index (χ1n) is 3.64. The largest absolute Gasteiger partial charge is 0.481 e. The Morgan fingerprint density at radius 1 is 1.27 bits per heavy atom. The predicted octanol–water partition coefficient (Wildman–Crippen LogP) is -2.41. The molecule has 0 spiro atoms. The van der Waals surface area contributed by atoms with Crippen LogP contribution in [0.1, 0.15) is 12.8 Å². The smallest absolute Gasteiger partial charge is 0.336 e. The van der Waals surface area contributed by atoms with Crippen LogP contribution in [0.2, 0.25) is 0 Å². The second-order valence-corrected chi connectivity index (χ2v) is 2.68. The third kappa shape index (κ3) is 4.35. The van der Waals surface area contributed by atoms with E-state index in [4.69, 9.17) is 10.2 Å². The van der Waals surface area contributed by atoms with Gasteiger partial charge in [0, 0.05) is 0 Å². The second kappa shape index (κ2) is 5.24. The molecule has 0 aromatic carbocycles. The highest BCUT2D eigenvalue weighted by Gasteiger charge is 2.41. The molecule has 0 saturated heterocycles. The van der Waals surface area contributed by atoms with Crippen molar-refractivity contribution in [3.05, 3.63) is 0 Å². The van der Waals surface area contributed by atoms with Gasteiger partial charge in [-0.1, -0.05) is 5.59 Å². The Hall–Kier alpha value is -1.71. The number of aliphatic hydroxyl groups is 1.